The molecule has 2 aromatic rings. The Balaban J connectivity index is 1.42. The Morgan fingerprint density at radius 1 is 1.20 bits per heavy atom. The van der Waals surface area contributed by atoms with Gasteiger partial charge in [0.15, 0.2) is 0 Å². The lowest BCUT2D eigenvalue weighted by Crippen LogP contribution is -2.74. The summed E-state index contributed by atoms with van der Waals surface area (Å²) >= 11 is 6.19. The van der Waals surface area contributed by atoms with Crippen LogP contribution in [0.2, 0.25) is 5.02 Å². The van der Waals surface area contributed by atoms with E-state index in [-0.39, 0.29) is 35.5 Å². The van der Waals surface area contributed by atoms with Gasteiger partial charge in [-0.15, -0.1) is 0 Å². The number of halogens is 1. The second-order valence-corrected chi connectivity index (χ2v) is 10.9. The highest BCUT2D eigenvalue weighted by Crippen LogP contribution is 2.55. The molecule has 35 heavy (non-hydrogen) atoms. The molecule has 1 amide bonds. The molecule has 0 aromatic heterocycles. The summed E-state index contributed by atoms with van der Waals surface area (Å²) in [5.74, 6) is 0.513. The van der Waals surface area contributed by atoms with Gasteiger partial charge in [0.1, 0.15) is 11.9 Å². The topological polar surface area (TPSA) is 66.2 Å². The van der Waals surface area contributed by atoms with Crippen LogP contribution in [0.3, 0.4) is 0 Å². The first kappa shape index (κ1) is 25.1. The quantitative estimate of drug-likeness (QED) is 0.404. The normalized spacial score (nSPS) is 22.4. The highest BCUT2D eigenvalue weighted by molar-refractivity contribution is 6.33. The molecule has 1 fully saturated rings. The Hall–Kier alpha value is -3.01. The smallest absolute Gasteiger partial charge is 0.251 e. The molecule has 1 heterocycles. The number of ether oxygens (including phenoxy) is 1. The Morgan fingerprint density at radius 2 is 1.89 bits per heavy atom. The van der Waals surface area contributed by atoms with Crippen LogP contribution >= 0.6 is 11.6 Å². The van der Waals surface area contributed by atoms with E-state index in [1.807, 2.05) is 24.3 Å². The van der Waals surface area contributed by atoms with E-state index < -0.39 is 0 Å². The second-order valence-electron chi connectivity index (χ2n) is 10.5. The number of nitrogens with zero attached hydrogens (tertiary/aromatic N) is 2. The highest BCUT2D eigenvalue weighted by Gasteiger charge is 2.64. The van der Waals surface area contributed by atoms with Crippen LogP contribution in [0, 0.1) is 17.4 Å². The van der Waals surface area contributed by atoms with Crippen molar-refractivity contribution in [1.82, 2.24) is 5.32 Å². The number of hydrogen-bond acceptors (Lipinski definition) is 4. The largest absolute Gasteiger partial charge is 0.489 e. The van der Waals surface area contributed by atoms with E-state index in [0.717, 1.165) is 30.8 Å². The van der Waals surface area contributed by atoms with Gasteiger partial charge in [-0.3, -0.25) is 4.79 Å². The zero-order valence-electron chi connectivity index (χ0n) is 20.6. The third kappa shape index (κ3) is 4.76. The summed E-state index contributed by atoms with van der Waals surface area (Å²) < 4.78 is 6.31. The minimum absolute atomic E-state index is 0.0886. The van der Waals surface area contributed by atoms with Crippen LogP contribution in [0.4, 0.5) is 11.4 Å². The van der Waals surface area contributed by atoms with Crippen LogP contribution in [0.15, 0.2) is 54.1 Å². The fourth-order valence-electron chi connectivity index (χ4n) is 5.71. The number of rotatable bonds is 6. The number of benzene rings is 2. The Bertz CT molecular complexity index is 1160. The Morgan fingerprint density at radius 3 is 2.43 bits per heavy atom. The van der Waals surface area contributed by atoms with Gasteiger partial charge in [-0.1, -0.05) is 51.4 Å². The van der Waals surface area contributed by atoms with E-state index in [2.05, 4.69) is 48.8 Å². The number of aliphatic hydroxyl groups excluding tert-OH is 1. The van der Waals surface area contributed by atoms with Gasteiger partial charge in [0.2, 0.25) is 5.69 Å². The molecule has 0 atom stereocenters. The summed E-state index contributed by atoms with van der Waals surface area (Å²) in [6.45, 7) is 17.3. The number of nitrogens with one attached hydrogen (secondary N) is 1. The third-order valence-electron chi connectivity index (χ3n) is 7.41. The van der Waals surface area contributed by atoms with Crippen LogP contribution in [-0.2, 0) is 0 Å². The average Bonchev–Trinajstić information content (AvgIpc) is 2.85. The molecule has 6 nitrogen and oxygen atoms in total. The van der Waals surface area contributed by atoms with Gasteiger partial charge in [-0.2, -0.15) is 0 Å². The predicted molar refractivity (Wildman–Crippen MR) is 139 cm³/mol. The number of hydrogen-bond donors (Lipinski definition) is 2. The van der Waals surface area contributed by atoms with E-state index >= 15 is 0 Å². The number of carbonyl (C=O) groups excluding carboxylic acids is 1. The Kier molecular flexibility index (Phi) is 6.86. The van der Waals surface area contributed by atoms with Crippen LogP contribution in [-0.4, -0.2) is 42.9 Å². The first-order valence-corrected chi connectivity index (χ1v) is 12.2. The Labute approximate surface area is 212 Å². The summed E-state index contributed by atoms with van der Waals surface area (Å²) in [6.07, 6.45) is 2.77. The average molecular weight is 494 g/mol. The van der Waals surface area contributed by atoms with Crippen molar-refractivity contribution < 1.29 is 14.6 Å². The van der Waals surface area contributed by atoms with Gasteiger partial charge in [0.25, 0.3) is 5.91 Å². The van der Waals surface area contributed by atoms with Crippen molar-refractivity contribution >= 4 is 28.9 Å². The molecule has 0 bridgehead atoms. The first-order chi connectivity index (χ1) is 16.6. The number of anilines is 1. The number of aliphatic hydroxyl groups is 1. The van der Waals surface area contributed by atoms with Crippen LogP contribution in [0.1, 0.15) is 44.5 Å². The van der Waals surface area contributed by atoms with Crippen molar-refractivity contribution in [2.45, 2.75) is 46.3 Å². The molecule has 2 N–H and O–H groups in total. The third-order valence-corrected chi connectivity index (χ3v) is 7.71. The second kappa shape index (κ2) is 9.56. The zero-order chi connectivity index (χ0) is 25.4. The highest BCUT2D eigenvalue weighted by atomic mass is 35.5. The van der Waals surface area contributed by atoms with Gasteiger partial charge in [-0.25, -0.2) is 4.85 Å². The summed E-state index contributed by atoms with van der Waals surface area (Å²) in [5, 5.41) is 12.9. The predicted octanol–water partition coefficient (Wildman–Crippen LogP) is 5.63. The van der Waals surface area contributed by atoms with Crippen molar-refractivity contribution in [3.05, 3.63) is 76.1 Å². The van der Waals surface area contributed by atoms with Crippen molar-refractivity contribution in [1.29, 1.82) is 0 Å². The molecule has 4 rings (SSSR count). The summed E-state index contributed by atoms with van der Waals surface area (Å²) in [4.78, 5) is 18.8. The zero-order valence-corrected chi connectivity index (χ0v) is 21.4. The van der Waals surface area contributed by atoms with Crippen LogP contribution in [0.25, 0.3) is 4.85 Å². The SMILES string of the molecule is [C-]#[N+]c1ccc(OC2C(C)(C)C(NC(=O)c3ccc(N4CC=C(CO)CC4)cc3)C2(C)C)cc1Cl. The van der Waals surface area contributed by atoms with E-state index in [9.17, 15) is 9.90 Å². The standard InChI is InChI=1S/C28H32ClN3O3/c1-27(2)25(28(3,4)26(27)35-21-10-11-23(30-5)22(29)16-21)31-24(34)19-6-8-20(9-7-19)32-14-12-18(17-33)13-15-32/h6-12,16,25-26,33H,13-15,17H2,1-4H3,(H,31,34). The molecule has 1 aliphatic heterocycles. The molecule has 0 unspecified atom stereocenters. The molecular formula is C28H32ClN3O3. The van der Waals surface area contributed by atoms with E-state index in [4.69, 9.17) is 22.9 Å². The van der Waals surface area contributed by atoms with Crippen molar-refractivity contribution in [3.8, 4) is 5.75 Å². The lowest BCUT2D eigenvalue weighted by Gasteiger charge is -2.63. The van der Waals surface area contributed by atoms with Gasteiger partial charge in [-0.05, 0) is 48.4 Å². The molecule has 0 spiro atoms. The maximum absolute atomic E-state index is 13.1. The first-order valence-electron chi connectivity index (χ1n) is 11.9. The molecule has 1 saturated carbocycles. The molecule has 2 aliphatic rings. The van der Waals surface area contributed by atoms with Crippen molar-refractivity contribution in [2.75, 3.05) is 24.6 Å². The summed E-state index contributed by atoms with van der Waals surface area (Å²) in [5.41, 5.74) is 2.54. The van der Waals surface area contributed by atoms with Gasteiger partial charge in [0.05, 0.1) is 18.2 Å². The summed E-state index contributed by atoms with van der Waals surface area (Å²) in [6, 6.07) is 12.7. The molecule has 2 aromatic carbocycles. The van der Waals surface area contributed by atoms with Crippen LogP contribution < -0.4 is 15.0 Å². The van der Waals surface area contributed by atoms with Gasteiger partial charge < -0.3 is 20.1 Å². The lowest BCUT2D eigenvalue weighted by molar-refractivity contribution is -0.164. The minimum Gasteiger partial charge on any atom is -0.489 e. The van der Waals surface area contributed by atoms with Crippen molar-refractivity contribution in [3.63, 3.8) is 0 Å². The fraction of sp³-hybridized carbons (Fsp3) is 0.429. The molecule has 1 aliphatic carbocycles. The van der Waals surface area contributed by atoms with E-state index in [1.54, 1.807) is 18.2 Å². The maximum Gasteiger partial charge on any atom is 0.251 e. The van der Waals surface area contributed by atoms with E-state index in [0.29, 0.717) is 22.0 Å². The van der Waals surface area contributed by atoms with Crippen molar-refractivity contribution in [2.24, 2.45) is 10.8 Å². The lowest BCUT2D eigenvalue weighted by atomic mass is 9.49. The van der Waals surface area contributed by atoms with Crippen LogP contribution in [0.5, 0.6) is 5.75 Å². The number of carbonyl (C=O) groups is 1. The van der Waals surface area contributed by atoms with Gasteiger partial charge >= 0.3 is 0 Å². The monoisotopic (exact) mass is 493 g/mol. The molecular weight excluding hydrogens is 462 g/mol. The molecule has 184 valence electrons. The van der Waals surface area contributed by atoms with E-state index in [1.165, 1.54) is 0 Å². The number of amides is 1. The maximum atomic E-state index is 13.1. The minimum atomic E-state index is -0.311. The molecule has 0 radical (unpaired) electrons. The molecule has 7 heteroatoms. The fourth-order valence-corrected chi connectivity index (χ4v) is 5.93. The van der Waals surface area contributed by atoms with Gasteiger partial charge in [0, 0.05) is 41.2 Å². The molecule has 0 saturated heterocycles. The summed E-state index contributed by atoms with van der Waals surface area (Å²) in [7, 11) is 0.